The Morgan fingerprint density at radius 1 is 1.28 bits per heavy atom. The van der Waals surface area contributed by atoms with Gasteiger partial charge < -0.3 is 21.7 Å². The van der Waals surface area contributed by atoms with Crippen molar-refractivity contribution in [1.82, 2.24) is 0 Å². The molecular weight excluding hydrogens is 248 g/mol. The Hall–Kier alpha value is -1.56. The highest BCUT2D eigenvalue weighted by Gasteiger charge is 2.14. The van der Waals surface area contributed by atoms with Crippen LogP contribution < -0.4 is 11.5 Å². The Morgan fingerprint density at radius 2 is 2.06 bits per heavy atom. The lowest BCUT2D eigenvalue weighted by molar-refractivity contribution is 0.0957. The van der Waals surface area contributed by atoms with E-state index in [0.717, 1.165) is 16.0 Å². The molecule has 0 bridgehead atoms. The summed E-state index contributed by atoms with van der Waals surface area (Å²) in [6, 6.07) is 7.46. The summed E-state index contributed by atoms with van der Waals surface area (Å²) in [6.07, 6.45) is -0.495. The summed E-state index contributed by atoms with van der Waals surface area (Å²) in [5.41, 5.74) is 14.7. The Labute approximate surface area is 109 Å². The average Bonchev–Trinajstić information content (AvgIpc) is 2.85. The number of aliphatic hydroxyl groups is 2. The van der Waals surface area contributed by atoms with Crippen molar-refractivity contribution in [3.8, 4) is 10.4 Å². The van der Waals surface area contributed by atoms with Crippen LogP contribution in [0, 0.1) is 0 Å². The fourth-order valence-corrected chi connectivity index (χ4v) is 2.67. The minimum absolute atomic E-state index is 0.284. The number of aliphatic hydroxyl groups excluding tert-OH is 2. The largest absolute Gasteiger partial charge is 0.399 e. The first-order valence-electron chi connectivity index (χ1n) is 5.62. The van der Waals surface area contributed by atoms with Gasteiger partial charge in [-0.2, -0.15) is 0 Å². The molecule has 1 heterocycles. The minimum atomic E-state index is -0.811. The lowest BCUT2D eigenvalue weighted by Crippen LogP contribution is -2.17. The van der Waals surface area contributed by atoms with Crippen molar-refractivity contribution in [2.24, 2.45) is 0 Å². The van der Waals surface area contributed by atoms with Gasteiger partial charge in [0.05, 0.1) is 12.7 Å². The summed E-state index contributed by atoms with van der Waals surface area (Å²) in [4.78, 5) is 1.05. The predicted octanol–water partition coefficient (Wildman–Crippen LogP) is 1.48. The molecule has 0 amide bonds. The number of hydrogen-bond donors (Lipinski definition) is 4. The fraction of sp³-hybridized carbons (Fsp3) is 0.231. The van der Waals surface area contributed by atoms with Gasteiger partial charge in [-0.1, -0.05) is 6.07 Å². The number of benzene rings is 1. The number of rotatable bonds is 4. The van der Waals surface area contributed by atoms with Gasteiger partial charge in [-0.3, -0.25) is 0 Å². The smallest absolute Gasteiger partial charge is 0.0812 e. The standard InChI is InChI=1S/C13H16N2O2S/c14-8-4-11(13-2-1-3-18-13)10(12(15)5-8)6-9(17)7-16/h1-5,9,16-17H,6-7,14-15H2. The molecule has 0 aliphatic carbocycles. The first-order valence-corrected chi connectivity index (χ1v) is 6.50. The van der Waals surface area contributed by atoms with Gasteiger partial charge in [0.1, 0.15) is 0 Å². The zero-order chi connectivity index (χ0) is 13.1. The molecule has 0 saturated carbocycles. The second-order valence-electron chi connectivity index (χ2n) is 4.15. The molecule has 0 fully saturated rings. The van der Waals surface area contributed by atoms with E-state index in [-0.39, 0.29) is 6.61 Å². The van der Waals surface area contributed by atoms with Crippen LogP contribution in [0.5, 0.6) is 0 Å². The normalized spacial score (nSPS) is 12.6. The van der Waals surface area contributed by atoms with Gasteiger partial charge >= 0.3 is 0 Å². The summed E-state index contributed by atoms with van der Waals surface area (Å²) >= 11 is 1.59. The number of hydrogen-bond acceptors (Lipinski definition) is 5. The molecule has 2 rings (SSSR count). The predicted molar refractivity (Wildman–Crippen MR) is 75.4 cm³/mol. The summed E-state index contributed by atoms with van der Waals surface area (Å²) in [7, 11) is 0. The third-order valence-electron chi connectivity index (χ3n) is 2.74. The Morgan fingerprint density at radius 3 is 2.67 bits per heavy atom. The van der Waals surface area contributed by atoms with Crippen molar-refractivity contribution >= 4 is 22.7 Å². The van der Waals surface area contributed by atoms with Crippen LogP contribution in [-0.4, -0.2) is 22.9 Å². The van der Waals surface area contributed by atoms with Gasteiger partial charge in [-0.05, 0) is 34.7 Å². The molecule has 4 nitrogen and oxygen atoms in total. The number of anilines is 2. The summed E-state index contributed by atoms with van der Waals surface area (Å²) in [5.74, 6) is 0. The Bertz CT molecular complexity index is 526. The van der Waals surface area contributed by atoms with E-state index in [2.05, 4.69) is 0 Å². The Kier molecular flexibility index (Phi) is 3.86. The molecule has 1 unspecified atom stereocenters. The quantitative estimate of drug-likeness (QED) is 0.629. The lowest BCUT2D eigenvalue weighted by atomic mass is 9.98. The molecule has 0 saturated heterocycles. The highest BCUT2D eigenvalue weighted by molar-refractivity contribution is 7.13. The van der Waals surface area contributed by atoms with Crippen molar-refractivity contribution in [1.29, 1.82) is 0 Å². The van der Waals surface area contributed by atoms with E-state index in [1.165, 1.54) is 0 Å². The van der Waals surface area contributed by atoms with Crippen LogP contribution in [0.15, 0.2) is 29.6 Å². The molecule has 6 N–H and O–H groups in total. The molecule has 1 atom stereocenters. The van der Waals surface area contributed by atoms with E-state index >= 15 is 0 Å². The Balaban J connectivity index is 2.49. The highest BCUT2D eigenvalue weighted by Crippen LogP contribution is 2.34. The van der Waals surface area contributed by atoms with Crippen LogP contribution in [0.3, 0.4) is 0 Å². The van der Waals surface area contributed by atoms with E-state index in [0.29, 0.717) is 17.8 Å². The van der Waals surface area contributed by atoms with Gasteiger partial charge in [0.2, 0.25) is 0 Å². The van der Waals surface area contributed by atoms with Crippen molar-refractivity contribution < 1.29 is 10.2 Å². The second-order valence-corrected chi connectivity index (χ2v) is 5.10. The van der Waals surface area contributed by atoms with E-state index in [4.69, 9.17) is 16.6 Å². The fourth-order valence-electron chi connectivity index (χ4n) is 1.90. The van der Waals surface area contributed by atoms with E-state index in [1.54, 1.807) is 17.4 Å². The first kappa shape index (κ1) is 12.9. The van der Waals surface area contributed by atoms with Gasteiger partial charge in [-0.15, -0.1) is 11.3 Å². The van der Waals surface area contributed by atoms with Crippen LogP contribution in [0.25, 0.3) is 10.4 Å². The van der Waals surface area contributed by atoms with Gasteiger partial charge in [0, 0.05) is 22.7 Å². The van der Waals surface area contributed by atoms with Crippen LogP contribution in [0.1, 0.15) is 5.56 Å². The van der Waals surface area contributed by atoms with Crippen molar-refractivity contribution in [2.45, 2.75) is 12.5 Å². The third-order valence-corrected chi connectivity index (χ3v) is 3.65. The molecule has 0 aliphatic heterocycles. The van der Waals surface area contributed by atoms with Gasteiger partial charge in [0.25, 0.3) is 0 Å². The minimum Gasteiger partial charge on any atom is -0.399 e. The zero-order valence-electron chi connectivity index (χ0n) is 9.84. The third kappa shape index (κ3) is 2.64. The molecule has 5 heteroatoms. The molecule has 18 heavy (non-hydrogen) atoms. The summed E-state index contributed by atoms with van der Waals surface area (Å²) in [6.45, 7) is -0.284. The van der Waals surface area contributed by atoms with Gasteiger partial charge in [0.15, 0.2) is 0 Å². The van der Waals surface area contributed by atoms with Gasteiger partial charge in [-0.25, -0.2) is 0 Å². The maximum Gasteiger partial charge on any atom is 0.0812 e. The summed E-state index contributed by atoms with van der Waals surface area (Å²) in [5, 5.41) is 20.5. The van der Waals surface area contributed by atoms with Crippen LogP contribution in [0.4, 0.5) is 11.4 Å². The van der Waals surface area contributed by atoms with E-state index in [1.807, 2.05) is 23.6 Å². The number of thiophene rings is 1. The average molecular weight is 264 g/mol. The molecule has 0 radical (unpaired) electrons. The van der Waals surface area contributed by atoms with Crippen molar-refractivity contribution in [3.05, 3.63) is 35.2 Å². The monoisotopic (exact) mass is 264 g/mol. The number of nitrogens with two attached hydrogens (primary N) is 2. The first-order chi connectivity index (χ1) is 8.61. The van der Waals surface area contributed by atoms with Crippen LogP contribution in [0.2, 0.25) is 0 Å². The molecule has 2 aromatic rings. The van der Waals surface area contributed by atoms with E-state index in [9.17, 15) is 5.11 Å². The summed E-state index contributed by atoms with van der Waals surface area (Å²) < 4.78 is 0. The highest BCUT2D eigenvalue weighted by atomic mass is 32.1. The van der Waals surface area contributed by atoms with Crippen LogP contribution in [-0.2, 0) is 6.42 Å². The molecule has 0 spiro atoms. The topological polar surface area (TPSA) is 92.5 Å². The lowest BCUT2D eigenvalue weighted by Gasteiger charge is -2.15. The maximum absolute atomic E-state index is 9.59. The maximum atomic E-state index is 9.59. The molecule has 1 aromatic heterocycles. The van der Waals surface area contributed by atoms with Crippen molar-refractivity contribution in [3.63, 3.8) is 0 Å². The molecular formula is C13H16N2O2S. The molecule has 0 aliphatic rings. The second kappa shape index (κ2) is 5.39. The van der Waals surface area contributed by atoms with E-state index < -0.39 is 6.10 Å². The zero-order valence-corrected chi connectivity index (χ0v) is 10.7. The molecule has 1 aromatic carbocycles. The van der Waals surface area contributed by atoms with Crippen molar-refractivity contribution in [2.75, 3.05) is 18.1 Å². The van der Waals surface area contributed by atoms with Crippen LogP contribution >= 0.6 is 11.3 Å². The SMILES string of the molecule is Nc1cc(N)c(CC(O)CO)c(-c2cccs2)c1. The molecule has 96 valence electrons. The number of nitrogen functional groups attached to an aromatic ring is 2.